The molecular weight excluding hydrogens is 385 g/mol. The summed E-state index contributed by atoms with van der Waals surface area (Å²) in [4.78, 5) is 0. The van der Waals surface area contributed by atoms with Gasteiger partial charge in [0.05, 0.1) is 0 Å². The van der Waals surface area contributed by atoms with Crippen molar-refractivity contribution in [2.45, 2.75) is 0 Å². The molecule has 0 radical (unpaired) electrons. The molecule has 0 aromatic heterocycles. The van der Waals surface area contributed by atoms with Crippen molar-refractivity contribution >= 4 is 128 Å². The molecule has 0 rings (SSSR count). The Labute approximate surface area is 124 Å². The van der Waals surface area contributed by atoms with Crippen molar-refractivity contribution in [1.29, 1.82) is 0 Å². The van der Waals surface area contributed by atoms with Gasteiger partial charge in [-0.15, -0.1) is 34.0 Å². The summed E-state index contributed by atoms with van der Waals surface area (Å²) in [5.74, 6) is 0. The van der Waals surface area contributed by atoms with Gasteiger partial charge in [-0.3, -0.25) is 0 Å². The van der Waals surface area contributed by atoms with E-state index in [0.717, 1.165) is 0 Å². The number of rotatable bonds is 0. The van der Waals surface area contributed by atoms with E-state index in [-0.39, 0.29) is 128 Å². The van der Waals surface area contributed by atoms with Gasteiger partial charge in [0.2, 0.25) is 0 Å². The van der Waals surface area contributed by atoms with Gasteiger partial charge >= 0.3 is 94.4 Å². The van der Waals surface area contributed by atoms with E-state index < -0.39 is 0 Å². The Bertz CT molecular complexity index is 6.00. The molecule has 0 aromatic carbocycles. The third kappa shape index (κ3) is 9.38. The van der Waals surface area contributed by atoms with Crippen LogP contribution in [-0.4, -0.2) is 94.4 Å². The molecule has 0 fully saturated rings. The van der Waals surface area contributed by atoms with E-state index >= 15 is 0 Å². The van der Waals surface area contributed by atoms with E-state index in [4.69, 9.17) is 0 Å². The zero-order valence-corrected chi connectivity index (χ0v) is 4.24. The Morgan fingerprint density at radius 3 is 0.750 bits per heavy atom. The molecular formula is H6BaBr2Sr. The monoisotopic (exact) mass is 390 g/mol. The Morgan fingerprint density at radius 2 is 0.750 bits per heavy atom. The first-order valence-corrected chi connectivity index (χ1v) is 0. The van der Waals surface area contributed by atoms with Crippen molar-refractivity contribution in [2.24, 2.45) is 0 Å². The van der Waals surface area contributed by atoms with Gasteiger partial charge in [0.1, 0.15) is 0 Å². The van der Waals surface area contributed by atoms with Crippen molar-refractivity contribution in [3.63, 3.8) is 0 Å². The predicted octanol–water partition coefficient (Wildman–Crippen LogP) is -0.677. The zero-order chi connectivity index (χ0) is 0. The topological polar surface area (TPSA) is 0 Å². The summed E-state index contributed by atoms with van der Waals surface area (Å²) in [6.07, 6.45) is 0. The van der Waals surface area contributed by atoms with Crippen LogP contribution in [-0.2, 0) is 0 Å². The maximum absolute atomic E-state index is 0. The van der Waals surface area contributed by atoms with Gasteiger partial charge in [0.25, 0.3) is 0 Å². The Hall–Kier alpha value is 4.01. The fraction of sp³-hybridized carbons (Fsp3) is 0. The molecule has 0 saturated heterocycles. The summed E-state index contributed by atoms with van der Waals surface area (Å²) in [5, 5.41) is 0. The van der Waals surface area contributed by atoms with Crippen molar-refractivity contribution in [1.82, 2.24) is 0 Å². The molecule has 0 amide bonds. The van der Waals surface area contributed by atoms with Crippen molar-refractivity contribution < 1.29 is 0 Å². The first kappa shape index (κ1) is 24.5. The van der Waals surface area contributed by atoms with Crippen LogP contribution in [0.2, 0.25) is 0 Å². The third-order valence-corrected chi connectivity index (χ3v) is 0. The quantitative estimate of drug-likeness (QED) is 0.481. The molecule has 0 heterocycles. The number of hydrogen-bond acceptors (Lipinski definition) is 0. The summed E-state index contributed by atoms with van der Waals surface area (Å²) in [6.45, 7) is 0. The van der Waals surface area contributed by atoms with Crippen LogP contribution >= 0.6 is 34.0 Å². The molecule has 0 unspecified atom stereocenters. The molecule has 0 aliphatic heterocycles. The molecule has 0 aliphatic carbocycles. The minimum atomic E-state index is 0. The second kappa shape index (κ2) is 15.7. The van der Waals surface area contributed by atoms with Crippen LogP contribution in [0.3, 0.4) is 0 Å². The molecule has 0 bridgehead atoms. The third-order valence-electron chi connectivity index (χ3n) is 0. The number of halogens is 2. The summed E-state index contributed by atoms with van der Waals surface area (Å²) in [5.41, 5.74) is 0. The SMILES string of the molecule is Br.Br.[BaH2].[SrH2]. The Kier molecular flexibility index (Phi) is 96.3. The van der Waals surface area contributed by atoms with Gasteiger partial charge < -0.3 is 0 Å². The van der Waals surface area contributed by atoms with Crippen molar-refractivity contribution in [3.05, 3.63) is 0 Å². The van der Waals surface area contributed by atoms with Gasteiger partial charge in [0, 0.05) is 0 Å². The fourth-order valence-corrected chi connectivity index (χ4v) is 0. The van der Waals surface area contributed by atoms with Crippen molar-refractivity contribution in [3.8, 4) is 0 Å². The molecule has 0 saturated carbocycles. The van der Waals surface area contributed by atoms with E-state index in [2.05, 4.69) is 0 Å². The molecule has 0 spiro atoms. The summed E-state index contributed by atoms with van der Waals surface area (Å²) in [7, 11) is 0. The average molecular weight is 391 g/mol. The van der Waals surface area contributed by atoms with Gasteiger partial charge in [-0.25, -0.2) is 0 Å². The standard InChI is InChI=1S/Ba.2BrH.Sr.4H/h;2*1H;;;;;. The first-order chi connectivity index (χ1) is 0. The predicted molar refractivity (Wildman–Crippen MR) is 37.7 cm³/mol. The summed E-state index contributed by atoms with van der Waals surface area (Å²) < 4.78 is 0. The van der Waals surface area contributed by atoms with E-state index in [1.807, 2.05) is 0 Å². The summed E-state index contributed by atoms with van der Waals surface area (Å²) >= 11 is 0. The fourth-order valence-electron chi connectivity index (χ4n) is 0. The van der Waals surface area contributed by atoms with Crippen LogP contribution in [0.1, 0.15) is 0 Å². The van der Waals surface area contributed by atoms with Crippen LogP contribution in [0, 0.1) is 0 Å². The summed E-state index contributed by atoms with van der Waals surface area (Å²) in [6, 6.07) is 0. The average Bonchev–Trinajstić information content (AvgIpc) is 0. The molecule has 0 atom stereocenters. The van der Waals surface area contributed by atoms with Crippen LogP contribution in [0.5, 0.6) is 0 Å². The van der Waals surface area contributed by atoms with Gasteiger partial charge in [0.15, 0.2) is 0 Å². The molecule has 4 heavy (non-hydrogen) atoms. The van der Waals surface area contributed by atoms with Crippen molar-refractivity contribution in [2.75, 3.05) is 0 Å². The molecule has 24 valence electrons. The normalized spacial score (nSPS) is 0. The van der Waals surface area contributed by atoms with E-state index in [1.165, 1.54) is 0 Å². The van der Waals surface area contributed by atoms with E-state index in [9.17, 15) is 0 Å². The Balaban J connectivity index is 0. The van der Waals surface area contributed by atoms with Crippen LogP contribution in [0.25, 0.3) is 0 Å². The Morgan fingerprint density at radius 1 is 0.750 bits per heavy atom. The second-order valence-corrected chi connectivity index (χ2v) is 0. The van der Waals surface area contributed by atoms with Crippen LogP contribution in [0.15, 0.2) is 0 Å². The zero-order valence-electron chi connectivity index (χ0n) is 0.816. The maximum atomic E-state index is 0. The van der Waals surface area contributed by atoms with E-state index in [1.54, 1.807) is 0 Å². The number of hydrogen-bond donors (Lipinski definition) is 0. The first-order valence-electron chi connectivity index (χ1n) is 0. The molecule has 0 nitrogen and oxygen atoms in total. The van der Waals surface area contributed by atoms with Gasteiger partial charge in [-0.05, 0) is 0 Å². The van der Waals surface area contributed by atoms with Crippen LogP contribution in [0.4, 0.5) is 0 Å². The van der Waals surface area contributed by atoms with Crippen LogP contribution < -0.4 is 0 Å². The van der Waals surface area contributed by atoms with Gasteiger partial charge in [-0.2, -0.15) is 0 Å². The molecule has 0 aliphatic rings. The molecule has 0 N–H and O–H groups in total. The molecule has 4 heteroatoms. The molecule has 0 aromatic rings. The van der Waals surface area contributed by atoms with Gasteiger partial charge in [-0.1, -0.05) is 0 Å². The van der Waals surface area contributed by atoms with E-state index in [0.29, 0.717) is 0 Å². The minimum absolute atomic E-state index is 0. The second-order valence-electron chi connectivity index (χ2n) is 0.